The lowest BCUT2D eigenvalue weighted by Gasteiger charge is -2.12. The van der Waals surface area contributed by atoms with Crippen LogP contribution in [-0.4, -0.2) is 33.2 Å². The van der Waals surface area contributed by atoms with Crippen LogP contribution in [0, 0.1) is 5.92 Å². The molecule has 1 aromatic carbocycles. The van der Waals surface area contributed by atoms with Crippen LogP contribution < -0.4 is 20.1 Å². The summed E-state index contributed by atoms with van der Waals surface area (Å²) in [7, 11) is 3.18. The Bertz CT molecular complexity index is 504. The molecule has 21 heavy (non-hydrogen) atoms. The van der Waals surface area contributed by atoms with Crippen molar-refractivity contribution in [2.75, 3.05) is 27.3 Å². The molecule has 0 heterocycles. The van der Waals surface area contributed by atoms with Crippen molar-refractivity contribution in [3.63, 3.8) is 0 Å². The van der Waals surface area contributed by atoms with Gasteiger partial charge in [0, 0.05) is 6.54 Å². The molecule has 0 unspecified atom stereocenters. The van der Waals surface area contributed by atoms with Crippen LogP contribution in [0.1, 0.15) is 18.4 Å². The molecule has 6 heteroatoms. The van der Waals surface area contributed by atoms with Crippen molar-refractivity contribution in [2.24, 2.45) is 5.92 Å². The number of amides is 1. The van der Waals surface area contributed by atoms with E-state index in [0.29, 0.717) is 24.6 Å². The standard InChI is InChI=1S/C15H21BrN2O3/c1-20-13-6-11(5-12(16)15(13)21-2)8-18-14(19)9-17-7-10-3-4-10/h5-6,10,17H,3-4,7-9H2,1-2H3,(H,18,19). The predicted molar refractivity (Wildman–Crippen MR) is 84.7 cm³/mol. The summed E-state index contributed by atoms with van der Waals surface area (Å²) in [5, 5.41) is 6.06. The van der Waals surface area contributed by atoms with E-state index >= 15 is 0 Å². The summed E-state index contributed by atoms with van der Waals surface area (Å²) in [6.07, 6.45) is 2.57. The highest BCUT2D eigenvalue weighted by Gasteiger charge is 2.20. The second kappa shape index (κ2) is 7.66. The van der Waals surface area contributed by atoms with Crippen LogP contribution in [0.5, 0.6) is 11.5 Å². The van der Waals surface area contributed by atoms with E-state index in [1.807, 2.05) is 12.1 Å². The molecular weight excluding hydrogens is 336 g/mol. The molecule has 2 rings (SSSR count). The molecule has 1 aromatic rings. The van der Waals surface area contributed by atoms with Crippen LogP contribution in [0.2, 0.25) is 0 Å². The number of benzene rings is 1. The van der Waals surface area contributed by atoms with Gasteiger partial charge < -0.3 is 20.1 Å². The Hall–Kier alpha value is -1.27. The Morgan fingerprint density at radius 1 is 1.33 bits per heavy atom. The van der Waals surface area contributed by atoms with Crippen LogP contribution in [0.4, 0.5) is 0 Å². The van der Waals surface area contributed by atoms with Gasteiger partial charge in [0.05, 0.1) is 25.2 Å². The van der Waals surface area contributed by atoms with Crippen molar-refractivity contribution in [1.82, 2.24) is 10.6 Å². The zero-order valence-corrected chi connectivity index (χ0v) is 14.0. The molecule has 0 aliphatic heterocycles. The summed E-state index contributed by atoms with van der Waals surface area (Å²) in [6, 6.07) is 3.78. The van der Waals surface area contributed by atoms with Crippen molar-refractivity contribution in [3.8, 4) is 11.5 Å². The highest BCUT2D eigenvalue weighted by Crippen LogP contribution is 2.36. The van der Waals surface area contributed by atoms with E-state index in [4.69, 9.17) is 9.47 Å². The lowest BCUT2D eigenvalue weighted by molar-refractivity contribution is -0.120. The van der Waals surface area contributed by atoms with Gasteiger partial charge in [-0.05, 0) is 58.9 Å². The van der Waals surface area contributed by atoms with E-state index in [1.165, 1.54) is 12.8 Å². The fraction of sp³-hybridized carbons (Fsp3) is 0.533. The average Bonchev–Trinajstić information content (AvgIpc) is 3.28. The normalized spacial score (nSPS) is 13.9. The number of carbonyl (C=O) groups is 1. The molecule has 1 saturated carbocycles. The van der Waals surface area contributed by atoms with Crippen LogP contribution in [0.15, 0.2) is 16.6 Å². The second-order valence-corrected chi connectivity index (χ2v) is 6.02. The lowest BCUT2D eigenvalue weighted by Crippen LogP contribution is -2.34. The highest BCUT2D eigenvalue weighted by atomic mass is 79.9. The van der Waals surface area contributed by atoms with Gasteiger partial charge in [-0.1, -0.05) is 0 Å². The molecule has 0 atom stereocenters. The van der Waals surface area contributed by atoms with Crippen LogP contribution in [0.25, 0.3) is 0 Å². The van der Waals surface area contributed by atoms with Crippen molar-refractivity contribution in [1.29, 1.82) is 0 Å². The van der Waals surface area contributed by atoms with Gasteiger partial charge in [-0.15, -0.1) is 0 Å². The van der Waals surface area contributed by atoms with Crippen LogP contribution in [0.3, 0.4) is 0 Å². The van der Waals surface area contributed by atoms with Gasteiger partial charge in [0.2, 0.25) is 5.91 Å². The number of halogens is 1. The maximum atomic E-state index is 11.7. The summed E-state index contributed by atoms with van der Waals surface area (Å²) >= 11 is 3.44. The maximum absolute atomic E-state index is 11.7. The van der Waals surface area contributed by atoms with E-state index in [-0.39, 0.29) is 5.91 Å². The molecule has 1 aliphatic carbocycles. The van der Waals surface area contributed by atoms with Gasteiger partial charge in [-0.25, -0.2) is 0 Å². The minimum atomic E-state index is 0.00144. The van der Waals surface area contributed by atoms with Gasteiger partial charge in [-0.3, -0.25) is 4.79 Å². The first-order valence-corrected chi connectivity index (χ1v) is 7.81. The van der Waals surface area contributed by atoms with Gasteiger partial charge in [0.25, 0.3) is 0 Å². The fourth-order valence-electron chi connectivity index (χ4n) is 2.05. The molecule has 1 fully saturated rings. The molecule has 116 valence electrons. The van der Waals surface area contributed by atoms with E-state index in [9.17, 15) is 4.79 Å². The third kappa shape index (κ3) is 4.89. The van der Waals surface area contributed by atoms with Gasteiger partial charge >= 0.3 is 0 Å². The molecule has 1 amide bonds. The largest absolute Gasteiger partial charge is 0.493 e. The summed E-state index contributed by atoms with van der Waals surface area (Å²) in [6.45, 7) is 1.77. The Labute approximate surface area is 133 Å². The molecule has 0 bridgehead atoms. The van der Waals surface area contributed by atoms with Gasteiger partial charge in [-0.2, -0.15) is 0 Å². The zero-order chi connectivity index (χ0) is 15.2. The van der Waals surface area contributed by atoms with Crippen LogP contribution >= 0.6 is 15.9 Å². The average molecular weight is 357 g/mol. The van der Waals surface area contributed by atoms with Gasteiger partial charge in [0.1, 0.15) is 0 Å². The molecule has 0 aromatic heterocycles. The fourth-order valence-corrected chi connectivity index (χ4v) is 2.70. The van der Waals surface area contributed by atoms with Crippen molar-refractivity contribution in [3.05, 3.63) is 22.2 Å². The summed E-state index contributed by atoms with van der Waals surface area (Å²) in [5.41, 5.74) is 0.954. The molecule has 2 N–H and O–H groups in total. The molecule has 1 aliphatic rings. The second-order valence-electron chi connectivity index (χ2n) is 5.16. The topological polar surface area (TPSA) is 59.6 Å². The van der Waals surface area contributed by atoms with E-state index in [0.717, 1.165) is 22.5 Å². The first kappa shape index (κ1) is 16.1. The number of hydrogen-bond donors (Lipinski definition) is 2. The number of nitrogens with one attached hydrogen (secondary N) is 2. The summed E-state index contributed by atoms with van der Waals surface area (Å²) < 4.78 is 11.3. The van der Waals surface area contributed by atoms with Crippen molar-refractivity contribution < 1.29 is 14.3 Å². The Balaban J connectivity index is 1.84. The third-order valence-electron chi connectivity index (χ3n) is 3.40. The molecular formula is C15H21BrN2O3. The maximum Gasteiger partial charge on any atom is 0.234 e. The number of ether oxygens (including phenoxy) is 2. The monoisotopic (exact) mass is 356 g/mol. The molecule has 0 saturated heterocycles. The number of carbonyl (C=O) groups excluding carboxylic acids is 1. The third-order valence-corrected chi connectivity index (χ3v) is 3.99. The van der Waals surface area contributed by atoms with E-state index in [1.54, 1.807) is 14.2 Å². The SMILES string of the molecule is COc1cc(CNC(=O)CNCC2CC2)cc(Br)c1OC. The number of rotatable bonds is 8. The number of methoxy groups -OCH3 is 2. The summed E-state index contributed by atoms with van der Waals surface area (Å²) in [5.74, 6) is 2.07. The first-order valence-electron chi connectivity index (χ1n) is 7.02. The predicted octanol–water partition coefficient (Wildman–Crippen LogP) is 2.08. The van der Waals surface area contributed by atoms with E-state index in [2.05, 4.69) is 26.6 Å². The van der Waals surface area contributed by atoms with Crippen molar-refractivity contribution in [2.45, 2.75) is 19.4 Å². The van der Waals surface area contributed by atoms with Gasteiger partial charge in [0.15, 0.2) is 11.5 Å². The lowest BCUT2D eigenvalue weighted by atomic mass is 10.2. The quantitative estimate of drug-likeness (QED) is 0.748. The minimum Gasteiger partial charge on any atom is -0.493 e. The Morgan fingerprint density at radius 3 is 2.71 bits per heavy atom. The Kier molecular flexibility index (Phi) is 5.87. The smallest absolute Gasteiger partial charge is 0.234 e. The molecule has 0 spiro atoms. The highest BCUT2D eigenvalue weighted by molar-refractivity contribution is 9.10. The number of hydrogen-bond acceptors (Lipinski definition) is 4. The first-order chi connectivity index (χ1) is 10.1. The Morgan fingerprint density at radius 2 is 2.10 bits per heavy atom. The molecule has 5 nitrogen and oxygen atoms in total. The van der Waals surface area contributed by atoms with E-state index < -0.39 is 0 Å². The summed E-state index contributed by atoms with van der Waals surface area (Å²) in [4.78, 5) is 11.7. The van der Waals surface area contributed by atoms with Crippen molar-refractivity contribution >= 4 is 21.8 Å². The van der Waals surface area contributed by atoms with Crippen LogP contribution in [-0.2, 0) is 11.3 Å². The minimum absolute atomic E-state index is 0.00144. The zero-order valence-electron chi connectivity index (χ0n) is 12.4. The molecule has 0 radical (unpaired) electrons.